The fourth-order valence-electron chi connectivity index (χ4n) is 3.03. The molecule has 0 saturated carbocycles. The summed E-state index contributed by atoms with van der Waals surface area (Å²) in [5.41, 5.74) is 2.63. The molecule has 3 heteroatoms. The first kappa shape index (κ1) is 14.4. The highest BCUT2D eigenvalue weighted by Crippen LogP contribution is 2.33. The Kier molecular flexibility index (Phi) is 5.23. The molecule has 0 bridgehead atoms. The van der Waals surface area contributed by atoms with E-state index in [0.717, 1.165) is 38.3 Å². The molecule has 0 radical (unpaired) electrons. The number of hydrogen-bond donors (Lipinski definition) is 1. The predicted molar refractivity (Wildman–Crippen MR) is 77.9 cm³/mol. The summed E-state index contributed by atoms with van der Waals surface area (Å²) in [6, 6.07) is 6.58. The summed E-state index contributed by atoms with van der Waals surface area (Å²) in [5.74, 6) is 2.26. The lowest BCUT2D eigenvalue weighted by Gasteiger charge is -2.31. The maximum atomic E-state index is 5.48. The van der Waals surface area contributed by atoms with E-state index in [1.54, 1.807) is 7.11 Å². The summed E-state index contributed by atoms with van der Waals surface area (Å²) >= 11 is 0. The molecule has 1 heterocycles. The van der Waals surface area contributed by atoms with E-state index in [-0.39, 0.29) is 0 Å². The van der Waals surface area contributed by atoms with Crippen LogP contribution in [0, 0.1) is 12.8 Å². The topological polar surface area (TPSA) is 30.5 Å². The molecule has 0 aromatic heterocycles. The number of aryl methyl sites for hydroxylation is 1. The Labute approximate surface area is 116 Å². The summed E-state index contributed by atoms with van der Waals surface area (Å²) in [7, 11) is 3.76. The van der Waals surface area contributed by atoms with Gasteiger partial charge in [-0.05, 0) is 55.8 Å². The van der Waals surface area contributed by atoms with Crippen LogP contribution in [-0.4, -0.2) is 33.9 Å². The minimum absolute atomic E-state index is 0.568. The standard InChI is InChI=1S/C16H25NO2/c1-12-10-14(4-5-16(12)18-3)15(11-17-2)13-6-8-19-9-7-13/h4-5,10,13,15,17H,6-9,11H2,1-3H3. The number of ether oxygens (including phenoxy) is 2. The van der Waals surface area contributed by atoms with Crippen LogP contribution in [0.4, 0.5) is 0 Å². The Bertz CT molecular complexity index is 400. The van der Waals surface area contributed by atoms with Crippen molar-refractivity contribution in [3.8, 4) is 5.75 Å². The van der Waals surface area contributed by atoms with Crippen molar-refractivity contribution in [1.29, 1.82) is 0 Å². The van der Waals surface area contributed by atoms with Crippen LogP contribution in [0.25, 0.3) is 0 Å². The second kappa shape index (κ2) is 6.92. The molecule has 3 nitrogen and oxygen atoms in total. The first-order valence-electron chi connectivity index (χ1n) is 7.13. The van der Waals surface area contributed by atoms with Gasteiger partial charge in [0.1, 0.15) is 5.75 Å². The van der Waals surface area contributed by atoms with Crippen molar-refractivity contribution in [3.05, 3.63) is 29.3 Å². The third kappa shape index (κ3) is 3.48. The third-order valence-corrected chi connectivity index (χ3v) is 4.11. The summed E-state index contributed by atoms with van der Waals surface area (Å²) in [5, 5.41) is 3.34. The molecule has 1 atom stereocenters. The molecule has 0 aliphatic carbocycles. The number of methoxy groups -OCH3 is 1. The molecule has 1 aliphatic rings. The second-order valence-corrected chi connectivity index (χ2v) is 5.34. The van der Waals surface area contributed by atoms with Gasteiger partial charge in [-0.3, -0.25) is 0 Å². The lowest BCUT2D eigenvalue weighted by atomic mass is 9.81. The van der Waals surface area contributed by atoms with Crippen LogP contribution in [0.15, 0.2) is 18.2 Å². The highest BCUT2D eigenvalue weighted by molar-refractivity contribution is 5.38. The van der Waals surface area contributed by atoms with Crippen LogP contribution in [0.5, 0.6) is 5.75 Å². The van der Waals surface area contributed by atoms with Crippen LogP contribution >= 0.6 is 0 Å². The number of rotatable bonds is 5. The molecule has 19 heavy (non-hydrogen) atoms. The van der Waals surface area contributed by atoms with Gasteiger partial charge < -0.3 is 14.8 Å². The van der Waals surface area contributed by atoms with E-state index in [1.165, 1.54) is 11.1 Å². The van der Waals surface area contributed by atoms with Gasteiger partial charge in [0, 0.05) is 19.8 Å². The first-order valence-corrected chi connectivity index (χ1v) is 7.13. The SMILES string of the molecule is CNCC(c1ccc(OC)c(C)c1)C1CCOCC1. The van der Waals surface area contributed by atoms with Gasteiger partial charge in [0.2, 0.25) is 0 Å². The summed E-state index contributed by atoms with van der Waals surface area (Å²) in [6.07, 6.45) is 2.33. The molecule has 1 aromatic rings. The smallest absolute Gasteiger partial charge is 0.121 e. The zero-order chi connectivity index (χ0) is 13.7. The van der Waals surface area contributed by atoms with E-state index in [2.05, 4.69) is 30.4 Å². The molecular formula is C16H25NO2. The van der Waals surface area contributed by atoms with Gasteiger partial charge >= 0.3 is 0 Å². The molecular weight excluding hydrogens is 238 g/mol. The monoisotopic (exact) mass is 263 g/mol. The van der Waals surface area contributed by atoms with Crippen LogP contribution in [0.1, 0.15) is 29.9 Å². The van der Waals surface area contributed by atoms with Gasteiger partial charge in [0.15, 0.2) is 0 Å². The van der Waals surface area contributed by atoms with E-state index in [0.29, 0.717) is 11.8 Å². The number of likely N-dealkylation sites (N-methyl/N-ethyl adjacent to an activating group) is 1. The number of nitrogens with one attached hydrogen (secondary N) is 1. The van der Waals surface area contributed by atoms with Crippen LogP contribution in [-0.2, 0) is 4.74 Å². The van der Waals surface area contributed by atoms with Crippen molar-refractivity contribution >= 4 is 0 Å². The van der Waals surface area contributed by atoms with Crippen molar-refractivity contribution in [2.45, 2.75) is 25.7 Å². The molecule has 1 aromatic carbocycles. The van der Waals surface area contributed by atoms with E-state index < -0.39 is 0 Å². The Morgan fingerprint density at radius 2 is 2.11 bits per heavy atom. The van der Waals surface area contributed by atoms with Crippen LogP contribution < -0.4 is 10.1 Å². The molecule has 0 amide bonds. The molecule has 2 rings (SSSR count). The molecule has 106 valence electrons. The van der Waals surface area contributed by atoms with E-state index in [1.807, 2.05) is 7.05 Å². The predicted octanol–water partition coefficient (Wildman–Crippen LogP) is 2.73. The maximum absolute atomic E-state index is 5.48. The van der Waals surface area contributed by atoms with Crippen LogP contribution in [0.3, 0.4) is 0 Å². The third-order valence-electron chi connectivity index (χ3n) is 4.11. The average Bonchev–Trinajstić information content (AvgIpc) is 2.45. The van der Waals surface area contributed by atoms with Crippen LogP contribution in [0.2, 0.25) is 0 Å². The van der Waals surface area contributed by atoms with Gasteiger partial charge in [-0.2, -0.15) is 0 Å². The van der Waals surface area contributed by atoms with E-state index in [9.17, 15) is 0 Å². The molecule has 1 aliphatic heterocycles. The van der Waals surface area contributed by atoms with Crippen molar-refractivity contribution in [2.75, 3.05) is 33.9 Å². The lowest BCUT2D eigenvalue weighted by Crippen LogP contribution is -2.28. The molecule has 0 spiro atoms. The maximum Gasteiger partial charge on any atom is 0.121 e. The molecule has 1 saturated heterocycles. The molecule has 1 N–H and O–H groups in total. The first-order chi connectivity index (χ1) is 9.26. The Morgan fingerprint density at radius 1 is 1.37 bits per heavy atom. The zero-order valence-electron chi connectivity index (χ0n) is 12.2. The summed E-state index contributed by atoms with van der Waals surface area (Å²) in [4.78, 5) is 0. The second-order valence-electron chi connectivity index (χ2n) is 5.34. The van der Waals surface area contributed by atoms with Gasteiger partial charge in [0.05, 0.1) is 7.11 Å². The van der Waals surface area contributed by atoms with Gasteiger partial charge in [-0.1, -0.05) is 12.1 Å². The largest absolute Gasteiger partial charge is 0.496 e. The van der Waals surface area contributed by atoms with E-state index >= 15 is 0 Å². The highest BCUT2D eigenvalue weighted by Gasteiger charge is 2.25. The normalized spacial score (nSPS) is 18.3. The Hall–Kier alpha value is -1.06. The summed E-state index contributed by atoms with van der Waals surface area (Å²) < 4.78 is 10.8. The number of benzene rings is 1. The minimum atomic E-state index is 0.568. The quantitative estimate of drug-likeness (QED) is 0.886. The molecule has 1 unspecified atom stereocenters. The van der Waals surface area contributed by atoms with Crippen molar-refractivity contribution in [3.63, 3.8) is 0 Å². The van der Waals surface area contributed by atoms with Gasteiger partial charge in [0.25, 0.3) is 0 Å². The lowest BCUT2D eigenvalue weighted by molar-refractivity contribution is 0.0579. The Balaban J connectivity index is 2.19. The minimum Gasteiger partial charge on any atom is -0.496 e. The highest BCUT2D eigenvalue weighted by atomic mass is 16.5. The fourth-order valence-corrected chi connectivity index (χ4v) is 3.03. The summed E-state index contributed by atoms with van der Waals surface area (Å²) in [6.45, 7) is 4.94. The van der Waals surface area contributed by atoms with Crippen molar-refractivity contribution in [2.24, 2.45) is 5.92 Å². The van der Waals surface area contributed by atoms with E-state index in [4.69, 9.17) is 9.47 Å². The van der Waals surface area contributed by atoms with Crippen molar-refractivity contribution < 1.29 is 9.47 Å². The number of hydrogen-bond acceptors (Lipinski definition) is 3. The van der Waals surface area contributed by atoms with Gasteiger partial charge in [-0.25, -0.2) is 0 Å². The average molecular weight is 263 g/mol. The van der Waals surface area contributed by atoms with Crippen molar-refractivity contribution in [1.82, 2.24) is 5.32 Å². The fraction of sp³-hybridized carbons (Fsp3) is 0.625. The zero-order valence-corrected chi connectivity index (χ0v) is 12.2. The molecule has 1 fully saturated rings. The van der Waals surface area contributed by atoms with Gasteiger partial charge in [-0.15, -0.1) is 0 Å². The Morgan fingerprint density at radius 3 is 2.68 bits per heavy atom.